The van der Waals surface area contributed by atoms with Crippen molar-refractivity contribution in [3.63, 3.8) is 0 Å². The number of aliphatic hydroxyl groups excluding tert-OH is 1. The summed E-state index contributed by atoms with van der Waals surface area (Å²) in [4.78, 5) is 12.5. The number of benzene rings is 2. The van der Waals surface area contributed by atoms with Crippen LogP contribution in [0.3, 0.4) is 0 Å². The fraction of sp³-hybridized carbons (Fsp3) is 0.435. The number of carbonyl (C=O) groups excluding carboxylic acids is 1. The van der Waals surface area contributed by atoms with E-state index in [-0.39, 0.29) is 18.3 Å². The molecule has 0 amide bonds. The van der Waals surface area contributed by atoms with Crippen molar-refractivity contribution in [3.8, 4) is 5.75 Å². The van der Waals surface area contributed by atoms with Crippen molar-refractivity contribution in [1.82, 2.24) is 15.0 Å². The molecule has 1 aliphatic rings. The summed E-state index contributed by atoms with van der Waals surface area (Å²) >= 11 is 0. The molecule has 30 heavy (non-hydrogen) atoms. The van der Waals surface area contributed by atoms with Gasteiger partial charge in [-0.15, -0.1) is 5.10 Å². The summed E-state index contributed by atoms with van der Waals surface area (Å²) in [6.45, 7) is 4.16. The molecular formula is C23H27N3O4. The van der Waals surface area contributed by atoms with Crippen molar-refractivity contribution in [2.75, 3.05) is 13.7 Å². The number of rotatable bonds is 6. The lowest BCUT2D eigenvalue weighted by atomic mass is 9.83. The second-order valence-corrected chi connectivity index (χ2v) is 7.78. The Hall–Kier alpha value is -2.93. The summed E-state index contributed by atoms with van der Waals surface area (Å²) in [6, 6.07) is 8.02. The quantitative estimate of drug-likeness (QED) is 0.629. The van der Waals surface area contributed by atoms with Gasteiger partial charge < -0.3 is 14.6 Å². The molecule has 7 nitrogen and oxygen atoms in total. The Bertz CT molecular complexity index is 1110. The maximum atomic E-state index is 12.5. The molecule has 2 aromatic carbocycles. The van der Waals surface area contributed by atoms with Gasteiger partial charge in [-0.05, 0) is 66.6 Å². The zero-order valence-electron chi connectivity index (χ0n) is 17.8. The fourth-order valence-electron chi connectivity index (χ4n) is 4.62. The molecule has 1 aromatic heterocycles. The van der Waals surface area contributed by atoms with Gasteiger partial charge in [-0.1, -0.05) is 17.3 Å². The summed E-state index contributed by atoms with van der Waals surface area (Å²) in [6.07, 6.45) is 1.23. The molecule has 2 atom stereocenters. The first-order valence-corrected chi connectivity index (χ1v) is 10.3. The third-order valence-electron chi connectivity index (χ3n) is 5.97. The van der Waals surface area contributed by atoms with Crippen molar-refractivity contribution in [2.45, 2.75) is 45.1 Å². The molecule has 0 radical (unpaired) electrons. The SMILES string of the molecule is CCOC(=O)CC(c1cc(OC)c2c(c1)nnn2C)c1ccc(C)c2c1CCC2O. The first kappa shape index (κ1) is 20.3. The summed E-state index contributed by atoms with van der Waals surface area (Å²) in [5.41, 5.74) is 6.69. The number of aromatic nitrogens is 3. The maximum Gasteiger partial charge on any atom is 0.306 e. The molecule has 0 saturated carbocycles. The highest BCUT2D eigenvalue weighted by Gasteiger charge is 2.30. The van der Waals surface area contributed by atoms with E-state index < -0.39 is 6.10 Å². The van der Waals surface area contributed by atoms with Gasteiger partial charge in [0.15, 0.2) is 0 Å². The predicted molar refractivity (Wildman–Crippen MR) is 113 cm³/mol. The van der Waals surface area contributed by atoms with E-state index in [2.05, 4.69) is 16.4 Å². The molecule has 158 valence electrons. The minimum atomic E-state index is -0.458. The zero-order chi connectivity index (χ0) is 21.4. The molecular weight excluding hydrogens is 382 g/mol. The Kier molecular flexibility index (Phi) is 5.47. The zero-order valence-corrected chi connectivity index (χ0v) is 17.8. The Morgan fingerprint density at radius 2 is 2.17 bits per heavy atom. The second kappa shape index (κ2) is 8.07. The Balaban J connectivity index is 1.89. The van der Waals surface area contributed by atoms with Crippen LogP contribution < -0.4 is 4.74 Å². The highest BCUT2D eigenvalue weighted by Crippen LogP contribution is 2.42. The van der Waals surface area contributed by atoms with E-state index in [4.69, 9.17) is 9.47 Å². The Morgan fingerprint density at radius 3 is 2.90 bits per heavy atom. The predicted octanol–water partition coefficient (Wildman–Crippen LogP) is 3.35. The van der Waals surface area contributed by atoms with E-state index in [1.807, 2.05) is 39.1 Å². The number of hydrogen-bond acceptors (Lipinski definition) is 6. The molecule has 0 bridgehead atoms. The lowest BCUT2D eigenvalue weighted by molar-refractivity contribution is -0.143. The molecule has 0 saturated heterocycles. The molecule has 7 heteroatoms. The highest BCUT2D eigenvalue weighted by molar-refractivity contribution is 5.83. The molecule has 4 rings (SSSR count). The van der Waals surface area contributed by atoms with E-state index in [0.717, 1.165) is 39.8 Å². The van der Waals surface area contributed by atoms with Gasteiger partial charge in [-0.25, -0.2) is 4.68 Å². The maximum absolute atomic E-state index is 12.5. The minimum absolute atomic E-state index is 0.203. The lowest BCUT2D eigenvalue weighted by Gasteiger charge is -2.22. The monoisotopic (exact) mass is 409 g/mol. The van der Waals surface area contributed by atoms with Crippen LogP contribution in [0.5, 0.6) is 5.75 Å². The Labute approximate surface area is 175 Å². The molecule has 0 fully saturated rings. The molecule has 0 spiro atoms. The minimum Gasteiger partial charge on any atom is -0.494 e. The molecule has 2 unspecified atom stereocenters. The number of fused-ring (bicyclic) bond motifs is 2. The van der Waals surface area contributed by atoms with Crippen molar-refractivity contribution in [1.29, 1.82) is 0 Å². The molecule has 3 aromatic rings. The van der Waals surface area contributed by atoms with Crippen LogP contribution in [0.15, 0.2) is 24.3 Å². The van der Waals surface area contributed by atoms with E-state index in [0.29, 0.717) is 24.3 Å². The van der Waals surface area contributed by atoms with Crippen LogP contribution in [-0.4, -0.2) is 39.8 Å². The van der Waals surface area contributed by atoms with Crippen molar-refractivity contribution in [2.24, 2.45) is 7.05 Å². The normalized spacial score (nSPS) is 16.5. The summed E-state index contributed by atoms with van der Waals surface area (Å²) in [7, 11) is 3.44. The Morgan fingerprint density at radius 1 is 1.37 bits per heavy atom. The van der Waals surface area contributed by atoms with Crippen LogP contribution in [0.2, 0.25) is 0 Å². The van der Waals surface area contributed by atoms with Crippen LogP contribution in [0.1, 0.15) is 59.6 Å². The smallest absolute Gasteiger partial charge is 0.306 e. The number of methoxy groups -OCH3 is 1. The van der Waals surface area contributed by atoms with Gasteiger partial charge in [0, 0.05) is 13.0 Å². The second-order valence-electron chi connectivity index (χ2n) is 7.78. The van der Waals surface area contributed by atoms with Crippen molar-refractivity contribution >= 4 is 17.0 Å². The fourth-order valence-corrected chi connectivity index (χ4v) is 4.62. The lowest BCUT2D eigenvalue weighted by Crippen LogP contribution is -2.14. The van der Waals surface area contributed by atoms with Gasteiger partial charge in [-0.2, -0.15) is 0 Å². The van der Waals surface area contributed by atoms with E-state index >= 15 is 0 Å². The van der Waals surface area contributed by atoms with Crippen LogP contribution >= 0.6 is 0 Å². The van der Waals surface area contributed by atoms with Gasteiger partial charge in [0.05, 0.1) is 26.2 Å². The van der Waals surface area contributed by atoms with Gasteiger partial charge in [0.25, 0.3) is 0 Å². The van der Waals surface area contributed by atoms with Gasteiger partial charge in [0.1, 0.15) is 16.8 Å². The number of ether oxygens (including phenoxy) is 2. The number of esters is 1. The van der Waals surface area contributed by atoms with Crippen LogP contribution in [0, 0.1) is 6.92 Å². The molecule has 1 N–H and O–H groups in total. The van der Waals surface area contributed by atoms with Crippen LogP contribution in [0.4, 0.5) is 0 Å². The number of hydrogen-bond donors (Lipinski definition) is 1. The van der Waals surface area contributed by atoms with Crippen molar-refractivity contribution < 1.29 is 19.4 Å². The number of aryl methyl sites for hydroxylation is 2. The van der Waals surface area contributed by atoms with E-state index in [1.165, 1.54) is 0 Å². The van der Waals surface area contributed by atoms with Gasteiger partial charge in [0.2, 0.25) is 0 Å². The topological polar surface area (TPSA) is 86.5 Å². The van der Waals surface area contributed by atoms with Crippen LogP contribution in [-0.2, 0) is 23.0 Å². The average Bonchev–Trinajstić information content (AvgIpc) is 3.30. The van der Waals surface area contributed by atoms with Crippen LogP contribution in [0.25, 0.3) is 11.0 Å². The third-order valence-corrected chi connectivity index (χ3v) is 5.97. The number of carbonyl (C=O) groups is 1. The molecule has 1 aliphatic carbocycles. The highest BCUT2D eigenvalue weighted by atomic mass is 16.5. The molecule has 0 aliphatic heterocycles. The van der Waals surface area contributed by atoms with Gasteiger partial charge in [-0.3, -0.25) is 4.79 Å². The summed E-state index contributed by atoms with van der Waals surface area (Å²) < 4.78 is 12.6. The summed E-state index contributed by atoms with van der Waals surface area (Å²) in [5.74, 6) is 0.172. The third kappa shape index (κ3) is 3.43. The first-order valence-electron chi connectivity index (χ1n) is 10.3. The van der Waals surface area contributed by atoms with Gasteiger partial charge >= 0.3 is 5.97 Å². The first-order chi connectivity index (χ1) is 14.4. The average molecular weight is 409 g/mol. The number of nitrogens with zero attached hydrogens (tertiary/aromatic N) is 3. The molecule has 1 heterocycles. The number of aliphatic hydroxyl groups is 1. The van der Waals surface area contributed by atoms with E-state index in [1.54, 1.807) is 11.8 Å². The van der Waals surface area contributed by atoms with Crippen molar-refractivity contribution in [3.05, 3.63) is 52.1 Å². The largest absolute Gasteiger partial charge is 0.494 e. The standard InChI is InChI=1S/C23H27N3O4/c1-5-30-21(28)12-17(15-7-6-13(2)22-16(15)8-9-19(22)27)14-10-18-23(20(11-14)29-4)26(3)25-24-18/h6-7,10-11,17,19,27H,5,8-9,12H2,1-4H3. The summed E-state index contributed by atoms with van der Waals surface area (Å²) in [5, 5.41) is 18.9. The van der Waals surface area contributed by atoms with E-state index in [9.17, 15) is 9.90 Å².